The number of aromatic nitrogens is 4. The van der Waals surface area contributed by atoms with Crippen LogP contribution in [0.2, 0.25) is 5.02 Å². The van der Waals surface area contributed by atoms with Gasteiger partial charge in [0.15, 0.2) is 5.16 Å². The summed E-state index contributed by atoms with van der Waals surface area (Å²) >= 11 is 7.35. The quantitative estimate of drug-likeness (QED) is 0.727. The number of halogens is 1. The Morgan fingerprint density at radius 2 is 2.16 bits per heavy atom. The van der Waals surface area contributed by atoms with Crippen LogP contribution in [0.25, 0.3) is 5.52 Å². The van der Waals surface area contributed by atoms with E-state index in [-0.39, 0.29) is 10.6 Å². The van der Waals surface area contributed by atoms with Gasteiger partial charge in [-0.15, -0.1) is 0 Å². The van der Waals surface area contributed by atoms with Crippen LogP contribution in [0.15, 0.2) is 51.6 Å². The van der Waals surface area contributed by atoms with Gasteiger partial charge in [-0.1, -0.05) is 17.7 Å². The summed E-state index contributed by atoms with van der Waals surface area (Å²) in [5.41, 5.74) is 0.672. The van der Waals surface area contributed by atoms with Crippen molar-refractivity contribution in [3.05, 3.63) is 52.2 Å². The summed E-state index contributed by atoms with van der Waals surface area (Å²) in [5.74, 6) is 0. The molecule has 3 heterocycles. The third-order valence-corrected chi connectivity index (χ3v) is 4.14. The number of nitrogens with zero attached hydrogens (tertiary/aromatic N) is 4. The lowest BCUT2D eigenvalue weighted by Crippen LogP contribution is -2.19. The number of hydrogen-bond donors (Lipinski definition) is 0. The van der Waals surface area contributed by atoms with E-state index in [1.807, 2.05) is 28.8 Å². The molecule has 5 nitrogen and oxygen atoms in total. The molecule has 0 spiro atoms. The standard InChI is InChI=1S/C12H9ClN4OS/c1-16-11(18)10(13)9(7-15-16)19-12-14-6-8-4-2-3-5-17(8)12/h2-7H,1H3. The summed E-state index contributed by atoms with van der Waals surface area (Å²) in [7, 11) is 1.56. The van der Waals surface area contributed by atoms with Crippen LogP contribution in [0.3, 0.4) is 0 Å². The van der Waals surface area contributed by atoms with E-state index in [2.05, 4.69) is 10.1 Å². The molecule has 3 aromatic rings. The molecule has 0 aliphatic carbocycles. The van der Waals surface area contributed by atoms with E-state index in [0.29, 0.717) is 4.90 Å². The van der Waals surface area contributed by atoms with E-state index >= 15 is 0 Å². The van der Waals surface area contributed by atoms with E-state index in [4.69, 9.17) is 11.6 Å². The molecular formula is C12H9ClN4OS. The van der Waals surface area contributed by atoms with Gasteiger partial charge in [-0.3, -0.25) is 9.20 Å². The van der Waals surface area contributed by atoms with Crippen LogP contribution in [-0.2, 0) is 7.05 Å². The van der Waals surface area contributed by atoms with Crippen molar-refractivity contribution in [2.75, 3.05) is 0 Å². The molecule has 0 aromatic carbocycles. The maximum atomic E-state index is 11.7. The van der Waals surface area contributed by atoms with E-state index in [1.54, 1.807) is 19.4 Å². The minimum absolute atomic E-state index is 0.162. The molecule has 3 aromatic heterocycles. The number of rotatable bonds is 2. The predicted octanol–water partition coefficient (Wildman–Crippen LogP) is 2.23. The van der Waals surface area contributed by atoms with Gasteiger partial charge in [-0.2, -0.15) is 5.10 Å². The van der Waals surface area contributed by atoms with Crippen LogP contribution in [0.5, 0.6) is 0 Å². The summed E-state index contributed by atoms with van der Waals surface area (Å²) in [5, 5.41) is 4.87. The van der Waals surface area contributed by atoms with E-state index in [1.165, 1.54) is 16.4 Å². The van der Waals surface area contributed by atoms with Crippen molar-refractivity contribution in [3.63, 3.8) is 0 Å². The second-order valence-corrected chi connectivity index (χ2v) is 5.28. The highest BCUT2D eigenvalue weighted by molar-refractivity contribution is 7.99. The first-order chi connectivity index (χ1) is 9.16. The first kappa shape index (κ1) is 12.3. The summed E-state index contributed by atoms with van der Waals surface area (Å²) in [6.07, 6.45) is 5.25. The molecule has 0 bridgehead atoms. The summed E-state index contributed by atoms with van der Waals surface area (Å²) < 4.78 is 3.13. The van der Waals surface area contributed by atoms with Crippen LogP contribution in [0, 0.1) is 0 Å². The minimum atomic E-state index is -0.312. The molecule has 3 rings (SSSR count). The molecule has 0 aliphatic rings. The average molecular weight is 293 g/mol. The highest BCUT2D eigenvalue weighted by Crippen LogP contribution is 2.30. The van der Waals surface area contributed by atoms with E-state index < -0.39 is 0 Å². The SMILES string of the molecule is Cn1ncc(Sc2ncc3ccccn23)c(Cl)c1=O. The molecule has 0 saturated heterocycles. The van der Waals surface area contributed by atoms with Gasteiger partial charge in [-0.25, -0.2) is 9.67 Å². The average Bonchev–Trinajstić information content (AvgIpc) is 2.83. The first-order valence-electron chi connectivity index (χ1n) is 5.48. The predicted molar refractivity (Wildman–Crippen MR) is 73.8 cm³/mol. The molecule has 96 valence electrons. The fourth-order valence-corrected chi connectivity index (χ4v) is 2.79. The lowest BCUT2D eigenvalue weighted by atomic mass is 10.4. The smallest absolute Gasteiger partial charge is 0.286 e. The fraction of sp³-hybridized carbons (Fsp3) is 0.0833. The molecule has 19 heavy (non-hydrogen) atoms. The zero-order valence-electron chi connectivity index (χ0n) is 9.95. The van der Waals surface area contributed by atoms with Gasteiger partial charge in [0, 0.05) is 13.2 Å². The van der Waals surface area contributed by atoms with Crippen molar-refractivity contribution >= 4 is 28.9 Å². The van der Waals surface area contributed by atoms with Crippen molar-refractivity contribution in [3.8, 4) is 0 Å². The van der Waals surface area contributed by atoms with Crippen molar-refractivity contribution in [2.45, 2.75) is 10.1 Å². The van der Waals surface area contributed by atoms with Crippen LogP contribution < -0.4 is 5.56 Å². The maximum Gasteiger partial charge on any atom is 0.286 e. The van der Waals surface area contributed by atoms with Crippen LogP contribution in [-0.4, -0.2) is 19.2 Å². The number of aryl methyl sites for hydroxylation is 1. The third-order valence-electron chi connectivity index (χ3n) is 2.65. The van der Waals surface area contributed by atoms with Crippen molar-refractivity contribution in [2.24, 2.45) is 7.05 Å². The number of fused-ring (bicyclic) bond motifs is 1. The third kappa shape index (κ3) is 2.13. The van der Waals surface area contributed by atoms with Gasteiger partial charge < -0.3 is 0 Å². The Kier molecular flexibility index (Phi) is 3.04. The minimum Gasteiger partial charge on any atom is -0.295 e. The molecule has 0 radical (unpaired) electrons. The highest BCUT2D eigenvalue weighted by Gasteiger charge is 2.12. The van der Waals surface area contributed by atoms with Gasteiger partial charge in [0.1, 0.15) is 5.02 Å². The van der Waals surface area contributed by atoms with Crippen LogP contribution >= 0.6 is 23.4 Å². The van der Waals surface area contributed by atoms with Crippen molar-refractivity contribution in [1.82, 2.24) is 19.2 Å². The van der Waals surface area contributed by atoms with Gasteiger partial charge in [-0.05, 0) is 23.9 Å². The Bertz CT molecular complexity index is 811. The second-order valence-electron chi connectivity index (χ2n) is 3.89. The van der Waals surface area contributed by atoms with E-state index in [0.717, 1.165) is 10.7 Å². The molecular weight excluding hydrogens is 284 g/mol. The first-order valence-corrected chi connectivity index (χ1v) is 6.68. The van der Waals surface area contributed by atoms with Crippen molar-refractivity contribution < 1.29 is 0 Å². The molecule has 0 atom stereocenters. The lowest BCUT2D eigenvalue weighted by Gasteiger charge is -2.04. The summed E-state index contributed by atoms with van der Waals surface area (Å²) in [4.78, 5) is 16.6. The van der Waals surface area contributed by atoms with Crippen LogP contribution in [0.4, 0.5) is 0 Å². The molecule has 0 N–H and O–H groups in total. The summed E-state index contributed by atoms with van der Waals surface area (Å²) in [6.45, 7) is 0. The largest absolute Gasteiger partial charge is 0.295 e. The molecule has 0 aliphatic heterocycles. The van der Waals surface area contributed by atoms with Gasteiger partial charge >= 0.3 is 0 Å². The van der Waals surface area contributed by atoms with Gasteiger partial charge in [0.25, 0.3) is 5.56 Å². The summed E-state index contributed by atoms with van der Waals surface area (Å²) in [6, 6.07) is 5.82. The monoisotopic (exact) mass is 292 g/mol. The molecule has 7 heteroatoms. The number of imidazole rings is 1. The number of hydrogen-bond acceptors (Lipinski definition) is 4. The Hall–Kier alpha value is -1.79. The molecule has 0 saturated carbocycles. The second kappa shape index (κ2) is 4.71. The normalized spacial score (nSPS) is 11.1. The van der Waals surface area contributed by atoms with Gasteiger partial charge in [0.2, 0.25) is 0 Å². The maximum absolute atomic E-state index is 11.7. The van der Waals surface area contributed by atoms with Crippen molar-refractivity contribution in [1.29, 1.82) is 0 Å². The Balaban J connectivity index is 2.07. The molecule has 0 unspecified atom stereocenters. The lowest BCUT2D eigenvalue weighted by molar-refractivity contribution is 0.696. The zero-order chi connectivity index (χ0) is 13.4. The Morgan fingerprint density at radius 3 is 3.00 bits per heavy atom. The van der Waals surface area contributed by atoms with Crippen LogP contribution in [0.1, 0.15) is 0 Å². The van der Waals surface area contributed by atoms with Gasteiger partial charge in [0.05, 0.1) is 22.8 Å². The number of pyridine rings is 1. The molecule has 0 amide bonds. The Morgan fingerprint density at radius 1 is 1.32 bits per heavy atom. The Labute approximate surface area is 117 Å². The van der Waals surface area contributed by atoms with E-state index in [9.17, 15) is 4.79 Å². The topological polar surface area (TPSA) is 52.2 Å². The molecule has 0 fully saturated rings. The highest BCUT2D eigenvalue weighted by atomic mass is 35.5. The fourth-order valence-electron chi connectivity index (χ4n) is 1.66. The zero-order valence-corrected chi connectivity index (χ0v) is 11.5.